The number of alkyl halides is 12. The molecule has 0 saturated carbocycles. The third-order valence-electron chi connectivity index (χ3n) is 9.16. The first kappa shape index (κ1) is 26.8. The molecular weight excluding hydrogens is 630 g/mol. The lowest BCUT2D eigenvalue weighted by Gasteiger charge is -2.23. The first-order valence-corrected chi connectivity index (χ1v) is 13.0. The fourth-order valence-electron chi connectivity index (χ4n) is 7.15. The van der Waals surface area contributed by atoms with Crippen molar-refractivity contribution in [3.63, 3.8) is 0 Å². The lowest BCUT2D eigenvalue weighted by atomic mass is 9.93. The topological polar surface area (TPSA) is 30.2 Å². The minimum atomic E-state index is -5.91. The van der Waals surface area contributed by atoms with Crippen LogP contribution in [-0.2, 0) is 23.7 Å². The maximum Gasteiger partial charge on any atom is 0.382 e. The molecule has 0 N–H and O–H groups in total. The normalized spacial score (nSPS) is 22.0. The van der Waals surface area contributed by atoms with Crippen molar-refractivity contribution in [2.75, 3.05) is 0 Å². The van der Waals surface area contributed by atoms with Crippen molar-refractivity contribution >= 4 is 59.6 Å². The number of hydrogen-bond acceptors (Lipinski definition) is 2. The zero-order valence-corrected chi connectivity index (χ0v) is 21.6. The van der Waals surface area contributed by atoms with E-state index in [1.54, 1.807) is 18.2 Å². The highest BCUT2D eigenvalue weighted by Gasteiger charge is 2.82. The van der Waals surface area contributed by atoms with Crippen molar-refractivity contribution in [1.82, 2.24) is 14.4 Å². The monoisotopic (exact) mass is 639 g/mol. The lowest BCUT2D eigenvalue weighted by molar-refractivity contribution is -0.302. The van der Waals surface area contributed by atoms with E-state index in [1.165, 1.54) is 24.3 Å². The quantitative estimate of drug-likeness (QED) is 0.122. The molecule has 0 amide bonds. The number of halogens is 12. The first-order valence-electron chi connectivity index (χ1n) is 13.0. The van der Waals surface area contributed by atoms with Gasteiger partial charge in [0.1, 0.15) is 11.4 Å². The van der Waals surface area contributed by atoms with Crippen molar-refractivity contribution in [2.24, 2.45) is 0 Å². The van der Waals surface area contributed by atoms with Crippen molar-refractivity contribution in [2.45, 2.75) is 35.5 Å². The fourth-order valence-corrected chi connectivity index (χ4v) is 7.15. The summed E-state index contributed by atoms with van der Waals surface area (Å²) in [7, 11) is 0. The van der Waals surface area contributed by atoms with Crippen LogP contribution >= 0.6 is 0 Å². The van der Waals surface area contributed by atoms with E-state index in [-0.39, 0.29) is 21.7 Å². The third kappa shape index (κ3) is 2.48. The number of pyridine rings is 2. The second-order valence-corrected chi connectivity index (χ2v) is 11.3. The summed E-state index contributed by atoms with van der Waals surface area (Å²) in [4.78, 5) is 6.53. The summed E-state index contributed by atoms with van der Waals surface area (Å²) in [6, 6.07) is 10.4. The van der Waals surface area contributed by atoms with E-state index in [0.29, 0.717) is 23.2 Å². The Hall–Kier alpha value is -4.56. The highest BCUT2D eigenvalue weighted by Crippen LogP contribution is 2.67. The molecule has 0 aliphatic heterocycles. The lowest BCUT2D eigenvalue weighted by Crippen LogP contribution is -2.43. The van der Waals surface area contributed by atoms with E-state index in [2.05, 4.69) is 9.97 Å². The van der Waals surface area contributed by atoms with E-state index in [1.807, 2.05) is 0 Å². The number of aromatic nitrogens is 3. The van der Waals surface area contributed by atoms with Gasteiger partial charge in [0.2, 0.25) is 0 Å². The number of rotatable bonds is 0. The van der Waals surface area contributed by atoms with Crippen LogP contribution in [0.5, 0.6) is 0 Å². The minimum Gasteiger partial charge on any atom is -0.305 e. The Kier molecular flexibility index (Phi) is 4.24. The van der Waals surface area contributed by atoms with Crippen LogP contribution < -0.4 is 0 Å². The van der Waals surface area contributed by atoms with Gasteiger partial charge in [-0.25, -0.2) is 0 Å². The largest absolute Gasteiger partial charge is 0.382 e. The molecule has 3 aromatic carbocycles. The number of nitrogens with zero attached hydrogens (tertiary/aromatic N) is 3. The van der Waals surface area contributed by atoms with Crippen LogP contribution in [0.4, 0.5) is 52.7 Å². The van der Waals surface area contributed by atoms with Gasteiger partial charge in [-0.05, 0) is 27.6 Å². The zero-order chi connectivity index (χ0) is 32.0. The van der Waals surface area contributed by atoms with Crippen LogP contribution in [-0.4, -0.2) is 26.2 Å². The summed E-state index contributed by atoms with van der Waals surface area (Å²) in [5.74, 6) is -33.6. The van der Waals surface area contributed by atoms with Gasteiger partial charge in [-0.15, -0.1) is 0 Å². The zero-order valence-electron chi connectivity index (χ0n) is 21.6. The third-order valence-corrected chi connectivity index (χ3v) is 9.16. The maximum absolute atomic E-state index is 15.4. The number of hydrogen-bond donors (Lipinski definition) is 0. The van der Waals surface area contributed by atoms with Crippen molar-refractivity contribution in [1.29, 1.82) is 0 Å². The Morgan fingerprint density at radius 1 is 0.489 bits per heavy atom. The molecule has 45 heavy (non-hydrogen) atoms. The SMILES string of the molecule is FC1(F)c2ncc3c(c2C(F)(F)C1(F)F)c1cc2c4ccccc4ccc2c2c4c5c(ncc4n3c12)C(F)(F)C(F)(F)C5(F)F. The van der Waals surface area contributed by atoms with Crippen molar-refractivity contribution in [3.05, 3.63) is 77.4 Å². The van der Waals surface area contributed by atoms with Gasteiger partial charge in [0, 0.05) is 21.5 Å². The smallest absolute Gasteiger partial charge is 0.305 e. The van der Waals surface area contributed by atoms with E-state index in [9.17, 15) is 35.1 Å². The summed E-state index contributed by atoms with van der Waals surface area (Å²) in [6.07, 6.45) is 1.11. The molecular formula is C30H9F12N3. The van der Waals surface area contributed by atoms with Crippen LogP contribution in [0.2, 0.25) is 0 Å². The van der Waals surface area contributed by atoms with Gasteiger partial charge in [0.15, 0.2) is 0 Å². The Balaban J connectivity index is 1.62. The van der Waals surface area contributed by atoms with Gasteiger partial charge in [-0.3, -0.25) is 9.97 Å². The highest BCUT2D eigenvalue weighted by molar-refractivity contribution is 6.34. The van der Waals surface area contributed by atoms with Gasteiger partial charge in [0.05, 0.1) is 40.1 Å². The summed E-state index contributed by atoms with van der Waals surface area (Å²) >= 11 is 0. The Morgan fingerprint density at radius 3 is 1.62 bits per heavy atom. The molecule has 0 radical (unpaired) electrons. The van der Waals surface area contributed by atoms with Crippen LogP contribution in [0.15, 0.2) is 54.9 Å². The fraction of sp³-hybridized carbons (Fsp3) is 0.200. The molecule has 0 bridgehead atoms. The molecule has 0 saturated heterocycles. The highest BCUT2D eigenvalue weighted by atomic mass is 19.4. The average Bonchev–Trinajstić information content (AvgIpc) is 3.56. The van der Waals surface area contributed by atoms with Gasteiger partial charge in [-0.1, -0.05) is 36.4 Å². The molecule has 0 unspecified atom stereocenters. The molecule has 9 rings (SSSR count). The van der Waals surface area contributed by atoms with E-state index >= 15 is 17.6 Å². The summed E-state index contributed by atoms with van der Waals surface area (Å²) in [5, 5.41) is -1.45. The first-order chi connectivity index (χ1) is 20.9. The molecule has 0 fully saturated rings. The van der Waals surface area contributed by atoms with Crippen molar-refractivity contribution < 1.29 is 52.7 Å². The van der Waals surface area contributed by atoms with Crippen LogP contribution in [0.1, 0.15) is 22.5 Å². The second kappa shape index (κ2) is 7.12. The van der Waals surface area contributed by atoms with Gasteiger partial charge in [-0.2, -0.15) is 52.7 Å². The van der Waals surface area contributed by atoms with Gasteiger partial charge >= 0.3 is 35.5 Å². The van der Waals surface area contributed by atoms with E-state index in [0.717, 1.165) is 4.40 Å². The molecule has 0 atom stereocenters. The second-order valence-electron chi connectivity index (χ2n) is 11.3. The molecule has 4 aromatic heterocycles. The van der Waals surface area contributed by atoms with E-state index < -0.39 is 85.2 Å². The summed E-state index contributed by atoms with van der Waals surface area (Å²) in [5.41, 5.74) is -8.84. The molecule has 4 heterocycles. The van der Waals surface area contributed by atoms with Crippen molar-refractivity contribution in [3.8, 4) is 0 Å². The maximum atomic E-state index is 15.4. The molecule has 7 aromatic rings. The van der Waals surface area contributed by atoms with Gasteiger partial charge < -0.3 is 4.40 Å². The van der Waals surface area contributed by atoms with Crippen LogP contribution in [0.3, 0.4) is 0 Å². The summed E-state index contributed by atoms with van der Waals surface area (Å²) < 4.78 is 180. The van der Waals surface area contributed by atoms with Gasteiger partial charge in [0.25, 0.3) is 0 Å². The number of fused-ring (bicyclic) bond motifs is 14. The van der Waals surface area contributed by atoms with Crippen LogP contribution in [0.25, 0.3) is 59.6 Å². The van der Waals surface area contributed by atoms with E-state index in [4.69, 9.17) is 0 Å². The standard InChI is InChI=1S/C30H9F12N3/c31-25(32)20-17-14-7-13-11-4-2-1-3-10(11)5-6-12(13)18-19-16(9-44-24-21(19)26(33,34)30(41,42)28(24,37)38)45(22(14)18)15(17)8-43-23(20)27(35,36)29(25,39)40/h1-9H. The Morgan fingerprint density at radius 2 is 1.02 bits per heavy atom. The average molecular weight is 639 g/mol. The predicted octanol–water partition coefficient (Wildman–Crippen LogP) is 9.60. The molecule has 2 aliphatic carbocycles. The predicted molar refractivity (Wildman–Crippen MR) is 137 cm³/mol. The molecule has 15 heteroatoms. The molecule has 228 valence electrons. The van der Waals surface area contributed by atoms with Crippen LogP contribution in [0, 0.1) is 0 Å². The Labute approximate surface area is 240 Å². The Bertz CT molecular complexity index is 2510. The summed E-state index contributed by atoms with van der Waals surface area (Å²) in [6.45, 7) is 0. The molecule has 3 nitrogen and oxygen atoms in total. The number of benzene rings is 3. The molecule has 0 spiro atoms. The minimum absolute atomic E-state index is 0.0266. The molecule has 2 aliphatic rings.